The van der Waals surface area contributed by atoms with E-state index in [0.717, 1.165) is 21.4 Å². The van der Waals surface area contributed by atoms with Gasteiger partial charge in [-0.2, -0.15) is 13.2 Å². The summed E-state index contributed by atoms with van der Waals surface area (Å²) in [6.07, 6.45) is -3.51. The van der Waals surface area contributed by atoms with Gasteiger partial charge in [0.05, 0.1) is 0 Å². The Kier molecular flexibility index (Phi) is 4.48. The molecule has 0 aromatic carbocycles. The van der Waals surface area contributed by atoms with Gasteiger partial charge >= 0.3 is 11.9 Å². The molecule has 0 fully saturated rings. The molecule has 0 radical (unpaired) electrons. The highest BCUT2D eigenvalue weighted by atomic mass is 19.4. The Morgan fingerprint density at radius 2 is 2.05 bits per heavy atom. The van der Waals surface area contributed by atoms with E-state index >= 15 is 0 Å². The number of alkyl halides is 3. The Bertz CT molecular complexity index is 575. The van der Waals surface area contributed by atoms with Crippen molar-refractivity contribution in [1.82, 2.24) is 14.6 Å². The van der Waals surface area contributed by atoms with Crippen LogP contribution in [0, 0.1) is 0 Å². The van der Waals surface area contributed by atoms with E-state index in [2.05, 4.69) is 4.84 Å². The first-order valence-corrected chi connectivity index (χ1v) is 4.94. The van der Waals surface area contributed by atoms with Crippen LogP contribution in [0.4, 0.5) is 13.2 Å². The number of halogens is 3. The van der Waals surface area contributed by atoms with Crippen LogP contribution in [0.3, 0.4) is 0 Å². The Hall–Kier alpha value is -2.10. The standard InChI is InChI=1S/C9H10F3N3O4/c1-14-7(17)2-3-15(8(14)18)4-6(16)13-19-5-9(10,11)12/h2-3H,4-5H2,1H3,(H,13,16). The van der Waals surface area contributed by atoms with Gasteiger partial charge in [0.1, 0.15) is 6.54 Å². The van der Waals surface area contributed by atoms with Gasteiger partial charge in [0.25, 0.3) is 11.5 Å². The Labute approximate surface area is 104 Å². The smallest absolute Gasteiger partial charge is 0.291 e. The molecule has 10 heteroatoms. The van der Waals surface area contributed by atoms with Gasteiger partial charge in [-0.05, 0) is 0 Å². The maximum absolute atomic E-state index is 11.7. The molecule has 0 saturated carbocycles. The predicted molar refractivity (Wildman–Crippen MR) is 56.1 cm³/mol. The molecular formula is C9H10F3N3O4. The first-order valence-electron chi connectivity index (χ1n) is 4.94. The van der Waals surface area contributed by atoms with Crippen molar-refractivity contribution in [2.24, 2.45) is 7.05 Å². The number of aromatic nitrogens is 2. The predicted octanol–water partition coefficient (Wildman–Crippen LogP) is -0.843. The van der Waals surface area contributed by atoms with Crippen molar-refractivity contribution in [3.63, 3.8) is 0 Å². The summed E-state index contributed by atoms with van der Waals surface area (Å²) in [6, 6.07) is 1.05. The third-order valence-corrected chi connectivity index (χ3v) is 2.00. The molecule has 1 aromatic rings. The molecule has 0 aliphatic heterocycles. The van der Waals surface area contributed by atoms with Gasteiger partial charge < -0.3 is 0 Å². The maximum atomic E-state index is 11.7. The van der Waals surface area contributed by atoms with E-state index in [1.54, 1.807) is 5.48 Å². The highest BCUT2D eigenvalue weighted by Gasteiger charge is 2.28. The summed E-state index contributed by atoms with van der Waals surface area (Å²) in [4.78, 5) is 37.7. The van der Waals surface area contributed by atoms with Crippen molar-refractivity contribution in [3.8, 4) is 0 Å². The minimum absolute atomic E-state index is 0.560. The van der Waals surface area contributed by atoms with Crippen molar-refractivity contribution in [2.75, 3.05) is 6.61 Å². The third kappa shape index (κ3) is 4.58. The van der Waals surface area contributed by atoms with E-state index in [1.807, 2.05) is 0 Å². The van der Waals surface area contributed by atoms with Gasteiger partial charge in [0.15, 0.2) is 6.61 Å². The minimum atomic E-state index is -4.57. The van der Waals surface area contributed by atoms with Crippen LogP contribution >= 0.6 is 0 Å². The van der Waals surface area contributed by atoms with Crippen LogP contribution in [0.5, 0.6) is 0 Å². The SMILES string of the molecule is Cn1c(=O)ccn(CC(=O)NOCC(F)(F)F)c1=O. The zero-order valence-electron chi connectivity index (χ0n) is 9.73. The lowest BCUT2D eigenvalue weighted by Crippen LogP contribution is -2.40. The minimum Gasteiger partial charge on any atom is -0.291 e. The number of rotatable bonds is 4. The number of nitrogens with zero attached hydrogens (tertiary/aromatic N) is 2. The first-order chi connectivity index (χ1) is 8.70. The largest absolute Gasteiger partial charge is 0.414 e. The maximum Gasteiger partial charge on any atom is 0.414 e. The fourth-order valence-electron chi connectivity index (χ4n) is 1.12. The number of carbonyl (C=O) groups excluding carboxylic acids is 1. The quantitative estimate of drug-likeness (QED) is 0.729. The molecule has 1 N–H and O–H groups in total. The Morgan fingerprint density at radius 1 is 1.42 bits per heavy atom. The Morgan fingerprint density at radius 3 is 2.63 bits per heavy atom. The lowest BCUT2D eigenvalue weighted by Gasteiger charge is -2.09. The van der Waals surface area contributed by atoms with Gasteiger partial charge in [-0.15, -0.1) is 0 Å². The number of hydrogen-bond donors (Lipinski definition) is 1. The highest BCUT2D eigenvalue weighted by Crippen LogP contribution is 2.13. The molecule has 0 unspecified atom stereocenters. The van der Waals surface area contributed by atoms with Crippen molar-refractivity contribution >= 4 is 5.91 Å². The van der Waals surface area contributed by atoms with Crippen molar-refractivity contribution in [3.05, 3.63) is 33.1 Å². The second-order valence-corrected chi connectivity index (χ2v) is 3.55. The number of amides is 1. The number of hydrogen-bond acceptors (Lipinski definition) is 4. The monoisotopic (exact) mass is 281 g/mol. The van der Waals surface area contributed by atoms with E-state index in [-0.39, 0.29) is 0 Å². The molecule has 0 aliphatic carbocycles. The van der Waals surface area contributed by atoms with E-state index in [4.69, 9.17) is 0 Å². The Balaban J connectivity index is 2.61. The summed E-state index contributed by atoms with van der Waals surface area (Å²) in [5.41, 5.74) is 0.217. The normalized spacial score (nSPS) is 11.4. The van der Waals surface area contributed by atoms with Crippen molar-refractivity contribution in [2.45, 2.75) is 12.7 Å². The molecule has 1 aromatic heterocycles. The lowest BCUT2D eigenvalue weighted by molar-refractivity contribution is -0.191. The van der Waals surface area contributed by atoms with Crippen molar-refractivity contribution < 1.29 is 22.8 Å². The molecule has 0 atom stereocenters. The molecule has 106 valence electrons. The zero-order valence-corrected chi connectivity index (χ0v) is 9.73. The molecule has 1 amide bonds. The second kappa shape index (κ2) is 5.69. The first kappa shape index (κ1) is 15.0. The molecular weight excluding hydrogens is 271 g/mol. The third-order valence-electron chi connectivity index (χ3n) is 2.00. The van der Waals surface area contributed by atoms with Crippen LogP contribution in [-0.4, -0.2) is 27.8 Å². The molecule has 1 heterocycles. The number of carbonyl (C=O) groups is 1. The van der Waals surface area contributed by atoms with E-state index < -0.39 is 36.5 Å². The fourth-order valence-corrected chi connectivity index (χ4v) is 1.12. The van der Waals surface area contributed by atoms with Gasteiger partial charge in [-0.25, -0.2) is 10.3 Å². The van der Waals surface area contributed by atoms with Crippen LogP contribution in [-0.2, 0) is 23.2 Å². The van der Waals surface area contributed by atoms with E-state index in [0.29, 0.717) is 0 Å². The number of nitrogens with one attached hydrogen (secondary N) is 1. The van der Waals surface area contributed by atoms with Crippen molar-refractivity contribution in [1.29, 1.82) is 0 Å². The van der Waals surface area contributed by atoms with Crippen LogP contribution in [0.15, 0.2) is 21.9 Å². The molecule has 0 bridgehead atoms. The average Bonchev–Trinajstić information content (AvgIpc) is 2.28. The number of hydroxylamine groups is 1. The lowest BCUT2D eigenvalue weighted by atomic mass is 10.5. The van der Waals surface area contributed by atoms with Crippen LogP contribution in [0.2, 0.25) is 0 Å². The summed E-state index contributed by atoms with van der Waals surface area (Å²) in [6.45, 7) is -2.20. The molecule has 0 aliphatic rings. The second-order valence-electron chi connectivity index (χ2n) is 3.55. The molecule has 19 heavy (non-hydrogen) atoms. The average molecular weight is 281 g/mol. The summed E-state index contributed by atoms with van der Waals surface area (Å²) in [7, 11) is 1.21. The van der Waals surface area contributed by atoms with E-state index in [1.165, 1.54) is 7.05 Å². The van der Waals surface area contributed by atoms with Crippen LogP contribution in [0.25, 0.3) is 0 Å². The highest BCUT2D eigenvalue weighted by molar-refractivity contribution is 5.74. The zero-order chi connectivity index (χ0) is 14.6. The van der Waals surface area contributed by atoms with Gasteiger partial charge in [-0.3, -0.25) is 23.6 Å². The van der Waals surface area contributed by atoms with Gasteiger partial charge in [-0.1, -0.05) is 0 Å². The molecule has 0 saturated heterocycles. The van der Waals surface area contributed by atoms with Crippen LogP contribution < -0.4 is 16.7 Å². The van der Waals surface area contributed by atoms with E-state index in [9.17, 15) is 27.6 Å². The molecule has 7 nitrogen and oxygen atoms in total. The summed E-state index contributed by atoms with van der Waals surface area (Å²) >= 11 is 0. The summed E-state index contributed by atoms with van der Waals surface area (Å²) < 4.78 is 36.8. The van der Waals surface area contributed by atoms with Gasteiger partial charge in [0, 0.05) is 19.3 Å². The summed E-state index contributed by atoms with van der Waals surface area (Å²) in [5.74, 6) is -0.954. The van der Waals surface area contributed by atoms with Gasteiger partial charge in [0.2, 0.25) is 0 Å². The fraction of sp³-hybridized carbons (Fsp3) is 0.444. The topological polar surface area (TPSA) is 82.3 Å². The molecule has 1 rings (SSSR count). The summed E-state index contributed by atoms with van der Waals surface area (Å²) in [5, 5.41) is 0. The van der Waals surface area contributed by atoms with Crippen LogP contribution in [0.1, 0.15) is 0 Å². The molecule has 0 spiro atoms.